The molecule has 0 spiro atoms. The second-order valence-electron chi connectivity index (χ2n) is 5.78. The lowest BCUT2D eigenvalue weighted by Crippen LogP contribution is -2.00. The average molecular weight is 326 g/mol. The van der Waals surface area contributed by atoms with Gasteiger partial charge in [-0.1, -0.05) is 42.5 Å². The fourth-order valence-electron chi connectivity index (χ4n) is 2.71. The maximum absolute atomic E-state index is 4.37. The molecule has 1 heterocycles. The second kappa shape index (κ2) is 7.01. The summed E-state index contributed by atoms with van der Waals surface area (Å²) in [6.45, 7) is 0.792. The minimum atomic E-state index is 0.792. The summed E-state index contributed by atoms with van der Waals surface area (Å²) < 4.78 is 0. The van der Waals surface area contributed by atoms with Crippen LogP contribution in [0.4, 0.5) is 17.2 Å². The van der Waals surface area contributed by atoms with Crippen LogP contribution in [0.3, 0.4) is 0 Å². The molecule has 1 aromatic heterocycles. The summed E-state index contributed by atoms with van der Waals surface area (Å²) in [6.07, 6.45) is 1.59. The van der Waals surface area contributed by atoms with E-state index in [-0.39, 0.29) is 0 Å². The maximum Gasteiger partial charge on any atom is 0.141 e. The van der Waals surface area contributed by atoms with Gasteiger partial charge in [0.15, 0.2) is 0 Å². The van der Waals surface area contributed by atoms with Crippen LogP contribution in [0.15, 0.2) is 85.2 Å². The van der Waals surface area contributed by atoms with E-state index < -0.39 is 0 Å². The van der Waals surface area contributed by atoms with Crippen LogP contribution in [-0.2, 0) is 6.54 Å². The predicted octanol–water partition coefficient (Wildman–Crippen LogP) is 4.99. The van der Waals surface area contributed by atoms with Crippen molar-refractivity contribution in [2.75, 3.05) is 10.6 Å². The van der Waals surface area contributed by atoms with E-state index in [1.807, 2.05) is 42.5 Å². The first kappa shape index (κ1) is 15.1. The highest BCUT2D eigenvalue weighted by atomic mass is 15.0. The summed E-state index contributed by atoms with van der Waals surface area (Å²) >= 11 is 0. The van der Waals surface area contributed by atoms with Gasteiger partial charge >= 0.3 is 0 Å². The molecule has 4 aromatic rings. The highest BCUT2D eigenvalue weighted by Crippen LogP contribution is 2.23. The lowest BCUT2D eigenvalue weighted by Gasteiger charge is -2.10. The fraction of sp³-hybridized carbons (Fsp3) is 0.0476. The molecule has 3 aromatic carbocycles. The summed E-state index contributed by atoms with van der Waals surface area (Å²) in [5.41, 5.74) is 4.29. The molecule has 0 atom stereocenters. The van der Waals surface area contributed by atoms with Crippen LogP contribution in [0, 0.1) is 0 Å². The van der Waals surface area contributed by atoms with Gasteiger partial charge in [0.25, 0.3) is 0 Å². The van der Waals surface area contributed by atoms with E-state index in [9.17, 15) is 0 Å². The molecular formula is C21H18N4. The van der Waals surface area contributed by atoms with Crippen molar-refractivity contribution in [1.82, 2.24) is 9.97 Å². The molecule has 0 fully saturated rings. The molecule has 2 N–H and O–H groups in total. The number of nitrogens with one attached hydrogen (secondary N) is 2. The molecule has 0 amide bonds. The number of rotatable bonds is 5. The number of anilines is 3. The number of hydrogen-bond donors (Lipinski definition) is 2. The number of fused-ring (bicyclic) bond motifs is 1. The van der Waals surface area contributed by atoms with Crippen LogP contribution in [0.1, 0.15) is 5.56 Å². The van der Waals surface area contributed by atoms with Crippen LogP contribution >= 0.6 is 0 Å². The van der Waals surface area contributed by atoms with Crippen molar-refractivity contribution in [3.63, 3.8) is 0 Å². The van der Waals surface area contributed by atoms with E-state index in [4.69, 9.17) is 0 Å². The molecule has 0 unspecified atom stereocenters. The van der Waals surface area contributed by atoms with Crippen LogP contribution in [0.2, 0.25) is 0 Å². The Balaban J connectivity index is 1.47. The van der Waals surface area contributed by atoms with E-state index in [0.29, 0.717) is 0 Å². The Morgan fingerprint density at radius 3 is 2.28 bits per heavy atom. The number of aromatic nitrogens is 2. The zero-order chi connectivity index (χ0) is 16.9. The third-order valence-electron chi connectivity index (χ3n) is 4.03. The van der Waals surface area contributed by atoms with Gasteiger partial charge in [-0.3, -0.25) is 0 Å². The monoisotopic (exact) mass is 326 g/mol. The van der Waals surface area contributed by atoms with E-state index in [1.54, 1.807) is 6.33 Å². The number of hydrogen-bond acceptors (Lipinski definition) is 4. The molecule has 0 aliphatic rings. The summed E-state index contributed by atoms with van der Waals surface area (Å²) in [7, 11) is 0. The van der Waals surface area contributed by atoms with Gasteiger partial charge in [-0.05, 0) is 42.0 Å². The first-order valence-corrected chi connectivity index (χ1v) is 8.23. The molecule has 122 valence electrons. The molecule has 0 saturated heterocycles. The first-order chi connectivity index (χ1) is 12.4. The van der Waals surface area contributed by atoms with Crippen molar-refractivity contribution < 1.29 is 0 Å². The Morgan fingerprint density at radius 1 is 0.680 bits per heavy atom. The van der Waals surface area contributed by atoms with Gasteiger partial charge in [0.1, 0.15) is 12.1 Å². The molecule has 0 bridgehead atoms. The highest BCUT2D eigenvalue weighted by molar-refractivity contribution is 5.90. The lowest BCUT2D eigenvalue weighted by molar-refractivity contribution is 1.15. The molecule has 25 heavy (non-hydrogen) atoms. The molecular weight excluding hydrogens is 308 g/mol. The van der Waals surface area contributed by atoms with Crippen LogP contribution in [-0.4, -0.2) is 9.97 Å². The molecule has 4 rings (SSSR count). The van der Waals surface area contributed by atoms with Crippen molar-refractivity contribution in [2.24, 2.45) is 0 Å². The van der Waals surface area contributed by atoms with Gasteiger partial charge in [-0.15, -0.1) is 0 Å². The Bertz CT molecular complexity index is 960. The van der Waals surface area contributed by atoms with E-state index in [0.717, 1.165) is 34.6 Å². The van der Waals surface area contributed by atoms with Gasteiger partial charge in [0.05, 0.1) is 5.52 Å². The van der Waals surface area contributed by atoms with Crippen molar-refractivity contribution in [3.8, 4) is 0 Å². The number of nitrogens with zero attached hydrogens (tertiary/aromatic N) is 2. The second-order valence-corrected chi connectivity index (χ2v) is 5.78. The van der Waals surface area contributed by atoms with Gasteiger partial charge < -0.3 is 10.6 Å². The molecule has 0 saturated carbocycles. The predicted molar refractivity (Wildman–Crippen MR) is 103 cm³/mol. The van der Waals surface area contributed by atoms with Crippen molar-refractivity contribution in [3.05, 3.63) is 90.8 Å². The van der Waals surface area contributed by atoms with Crippen LogP contribution in [0.25, 0.3) is 10.9 Å². The number of para-hydroxylation sites is 2. The SMILES string of the molecule is c1ccc(NCc2ccc(Nc3ncnc4ccccc34)cc2)cc1. The summed E-state index contributed by atoms with van der Waals surface area (Å²) in [4.78, 5) is 8.66. The van der Waals surface area contributed by atoms with Gasteiger partial charge in [0.2, 0.25) is 0 Å². The third kappa shape index (κ3) is 3.58. The van der Waals surface area contributed by atoms with Gasteiger partial charge in [0, 0.05) is 23.3 Å². The molecule has 0 aliphatic carbocycles. The zero-order valence-corrected chi connectivity index (χ0v) is 13.7. The summed E-state index contributed by atoms with van der Waals surface area (Å²) in [5, 5.41) is 7.80. The van der Waals surface area contributed by atoms with Crippen LogP contribution in [0.5, 0.6) is 0 Å². The minimum Gasteiger partial charge on any atom is -0.381 e. The lowest BCUT2D eigenvalue weighted by atomic mass is 10.2. The van der Waals surface area contributed by atoms with Gasteiger partial charge in [-0.25, -0.2) is 9.97 Å². The normalized spacial score (nSPS) is 10.6. The van der Waals surface area contributed by atoms with Crippen molar-refractivity contribution in [2.45, 2.75) is 6.54 Å². The molecule has 4 heteroatoms. The van der Waals surface area contributed by atoms with Gasteiger partial charge in [-0.2, -0.15) is 0 Å². The zero-order valence-electron chi connectivity index (χ0n) is 13.7. The highest BCUT2D eigenvalue weighted by Gasteiger charge is 2.03. The summed E-state index contributed by atoms with van der Waals surface area (Å²) in [6, 6.07) is 26.6. The Kier molecular flexibility index (Phi) is 4.25. The largest absolute Gasteiger partial charge is 0.381 e. The minimum absolute atomic E-state index is 0.792. The molecule has 0 radical (unpaired) electrons. The quantitative estimate of drug-likeness (QED) is 0.543. The van der Waals surface area contributed by atoms with E-state index in [1.165, 1.54) is 5.56 Å². The third-order valence-corrected chi connectivity index (χ3v) is 4.03. The fourth-order valence-corrected chi connectivity index (χ4v) is 2.71. The summed E-state index contributed by atoms with van der Waals surface area (Å²) in [5.74, 6) is 0.820. The van der Waals surface area contributed by atoms with E-state index >= 15 is 0 Å². The van der Waals surface area contributed by atoms with E-state index in [2.05, 4.69) is 57.0 Å². The number of benzene rings is 3. The Hall–Kier alpha value is -3.40. The smallest absolute Gasteiger partial charge is 0.141 e. The standard InChI is InChI=1S/C21H18N4/c1-2-6-17(7-3-1)22-14-16-10-12-18(13-11-16)25-21-19-8-4-5-9-20(19)23-15-24-21/h1-13,15,22H,14H2,(H,23,24,25). The Labute approximate surface area is 146 Å². The Morgan fingerprint density at radius 2 is 1.44 bits per heavy atom. The maximum atomic E-state index is 4.37. The van der Waals surface area contributed by atoms with Crippen LogP contribution < -0.4 is 10.6 Å². The average Bonchev–Trinajstić information content (AvgIpc) is 2.69. The topological polar surface area (TPSA) is 49.8 Å². The first-order valence-electron chi connectivity index (χ1n) is 8.23. The molecule has 4 nitrogen and oxygen atoms in total. The van der Waals surface area contributed by atoms with Crippen molar-refractivity contribution >= 4 is 28.1 Å². The molecule has 0 aliphatic heterocycles. The van der Waals surface area contributed by atoms with Crippen molar-refractivity contribution in [1.29, 1.82) is 0 Å².